The number of methoxy groups -OCH3 is 1. The van der Waals surface area contributed by atoms with Gasteiger partial charge in [-0.15, -0.1) is 0 Å². The lowest BCUT2D eigenvalue weighted by molar-refractivity contribution is -0.142. The number of fused-ring (bicyclic) bond motifs is 1. The SMILES string of the molecule is COCC(=O)N1CCN(C(=O)Cn2cc3cc(NC(=O)c4cccc(C(F)(F)F)n4)c(C)cc3n2)CC1. The van der Waals surface area contributed by atoms with Gasteiger partial charge < -0.3 is 19.9 Å². The van der Waals surface area contributed by atoms with Crippen LogP contribution in [0.15, 0.2) is 36.5 Å². The van der Waals surface area contributed by atoms with Crippen LogP contribution in [-0.4, -0.2) is 82.2 Å². The topological polar surface area (TPSA) is 110 Å². The Kier molecular flexibility index (Phi) is 7.43. The summed E-state index contributed by atoms with van der Waals surface area (Å²) in [4.78, 5) is 44.0. The number of nitrogens with one attached hydrogen (secondary N) is 1. The van der Waals surface area contributed by atoms with Crippen molar-refractivity contribution in [3.05, 3.63) is 53.5 Å². The first-order valence-corrected chi connectivity index (χ1v) is 11.4. The van der Waals surface area contributed by atoms with Crippen molar-refractivity contribution in [3.8, 4) is 0 Å². The van der Waals surface area contributed by atoms with Crippen molar-refractivity contribution in [2.75, 3.05) is 45.2 Å². The van der Waals surface area contributed by atoms with E-state index in [4.69, 9.17) is 4.74 Å². The average Bonchev–Trinajstić information content (AvgIpc) is 3.24. The highest BCUT2D eigenvalue weighted by molar-refractivity contribution is 6.04. The van der Waals surface area contributed by atoms with Gasteiger partial charge in [-0.25, -0.2) is 4.98 Å². The molecule has 1 saturated heterocycles. The van der Waals surface area contributed by atoms with E-state index in [0.29, 0.717) is 48.3 Å². The van der Waals surface area contributed by atoms with E-state index in [1.165, 1.54) is 17.9 Å². The number of carbonyl (C=O) groups is 3. The van der Waals surface area contributed by atoms with E-state index in [0.717, 1.165) is 12.1 Å². The second kappa shape index (κ2) is 10.5. The number of ether oxygens (including phenoxy) is 1. The monoisotopic (exact) mass is 518 g/mol. The minimum atomic E-state index is -4.66. The molecule has 4 rings (SSSR count). The van der Waals surface area contributed by atoms with E-state index in [1.54, 1.807) is 35.1 Å². The van der Waals surface area contributed by atoms with E-state index >= 15 is 0 Å². The third-order valence-corrected chi connectivity index (χ3v) is 5.97. The number of hydrogen-bond acceptors (Lipinski definition) is 6. The Morgan fingerprint density at radius 3 is 2.38 bits per heavy atom. The molecule has 196 valence electrons. The Bertz CT molecular complexity index is 1330. The number of anilines is 1. The summed E-state index contributed by atoms with van der Waals surface area (Å²) >= 11 is 0. The minimum absolute atomic E-state index is 0.00437. The summed E-state index contributed by atoms with van der Waals surface area (Å²) in [7, 11) is 1.46. The molecule has 10 nitrogen and oxygen atoms in total. The highest BCUT2D eigenvalue weighted by atomic mass is 19.4. The van der Waals surface area contributed by atoms with Crippen LogP contribution < -0.4 is 5.32 Å². The normalized spacial score (nSPS) is 14.2. The Balaban J connectivity index is 1.42. The summed E-state index contributed by atoms with van der Waals surface area (Å²) in [5.74, 6) is -1.04. The van der Waals surface area contributed by atoms with Crippen molar-refractivity contribution in [3.63, 3.8) is 0 Å². The van der Waals surface area contributed by atoms with Crippen LogP contribution in [0.25, 0.3) is 10.9 Å². The van der Waals surface area contributed by atoms with Crippen molar-refractivity contribution in [1.82, 2.24) is 24.6 Å². The van der Waals surface area contributed by atoms with E-state index in [1.807, 2.05) is 0 Å². The number of nitrogens with zero attached hydrogens (tertiary/aromatic N) is 5. The number of rotatable bonds is 6. The van der Waals surface area contributed by atoms with Crippen LogP contribution in [0.4, 0.5) is 18.9 Å². The number of alkyl halides is 3. The highest BCUT2D eigenvalue weighted by Gasteiger charge is 2.33. The van der Waals surface area contributed by atoms with Gasteiger partial charge >= 0.3 is 6.18 Å². The molecule has 0 atom stereocenters. The van der Waals surface area contributed by atoms with Crippen LogP contribution in [0.1, 0.15) is 21.7 Å². The summed E-state index contributed by atoms with van der Waals surface area (Å²) in [5.41, 5.74) is 0.108. The van der Waals surface area contributed by atoms with Gasteiger partial charge in [-0.1, -0.05) is 6.07 Å². The van der Waals surface area contributed by atoms with Crippen molar-refractivity contribution in [2.45, 2.75) is 19.6 Å². The molecule has 13 heteroatoms. The molecule has 3 amide bonds. The van der Waals surface area contributed by atoms with E-state index in [2.05, 4.69) is 15.4 Å². The Morgan fingerprint density at radius 1 is 1.05 bits per heavy atom. The van der Waals surface area contributed by atoms with Crippen molar-refractivity contribution < 1.29 is 32.3 Å². The van der Waals surface area contributed by atoms with Gasteiger partial charge in [0.15, 0.2) is 0 Å². The number of halogens is 3. The van der Waals surface area contributed by atoms with E-state index < -0.39 is 17.8 Å². The molecule has 0 saturated carbocycles. The lowest BCUT2D eigenvalue weighted by Gasteiger charge is -2.34. The van der Waals surface area contributed by atoms with Gasteiger partial charge in [0, 0.05) is 50.6 Å². The third kappa shape index (κ3) is 6.05. The number of aromatic nitrogens is 3. The van der Waals surface area contributed by atoms with Crippen LogP contribution in [0, 0.1) is 6.92 Å². The van der Waals surface area contributed by atoms with Crippen LogP contribution in [0.2, 0.25) is 0 Å². The maximum Gasteiger partial charge on any atom is 0.433 e. The van der Waals surface area contributed by atoms with Gasteiger partial charge in [-0.3, -0.25) is 19.1 Å². The molecule has 1 aliphatic rings. The van der Waals surface area contributed by atoms with Gasteiger partial charge in [0.25, 0.3) is 5.91 Å². The second-order valence-electron chi connectivity index (χ2n) is 8.61. The number of amides is 3. The molecule has 0 bridgehead atoms. The van der Waals surface area contributed by atoms with Crippen molar-refractivity contribution in [2.24, 2.45) is 0 Å². The molecule has 1 fully saturated rings. The fourth-order valence-electron chi connectivity index (χ4n) is 4.01. The number of pyridine rings is 1. The molecule has 0 aliphatic carbocycles. The fraction of sp³-hybridized carbons (Fsp3) is 0.375. The molecule has 0 unspecified atom stereocenters. The molecule has 3 aromatic rings. The van der Waals surface area contributed by atoms with Gasteiger partial charge in [0.2, 0.25) is 11.8 Å². The number of aryl methyl sites for hydroxylation is 1. The summed E-state index contributed by atoms with van der Waals surface area (Å²) in [5, 5.41) is 7.67. The zero-order chi connectivity index (χ0) is 26.7. The van der Waals surface area contributed by atoms with Gasteiger partial charge in [-0.2, -0.15) is 18.3 Å². The van der Waals surface area contributed by atoms with Crippen LogP contribution >= 0.6 is 0 Å². The van der Waals surface area contributed by atoms with Gasteiger partial charge in [-0.05, 0) is 36.8 Å². The summed E-state index contributed by atoms with van der Waals surface area (Å²) < 4.78 is 45.2. The van der Waals surface area contributed by atoms with Crippen LogP contribution in [0.5, 0.6) is 0 Å². The molecular weight excluding hydrogens is 493 g/mol. The lowest BCUT2D eigenvalue weighted by Crippen LogP contribution is -2.52. The van der Waals surface area contributed by atoms with Crippen LogP contribution in [0.3, 0.4) is 0 Å². The summed E-state index contributed by atoms with van der Waals surface area (Å²) in [6.07, 6.45) is -3.00. The molecule has 1 N–H and O–H groups in total. The Morgan fingerprint density at radius 2 is 1.73 bits per heavy atom. The first-order chi connectivity index (χ1) is 17.5. The predicted octanol–water partition coefficient (Wildman–Crippen LogP) is 2.33. The smallest absolute Gasteiger partial charge is 0.375 e. The summed E-state index contributed by atoms with van der Waals surface area (Å²) in [6, 6.07) is 6.48. The van der Waals surface area contributed by atoms with Crippen LogP contribution in [-0.2, 0) is 27.0 Å². The van der Waals surface area contributed by atoms with Crippen molar-refractivity contribution in [1.29, 1.82) is 0 Å². The standard InChI is InChI=1S/C24H25F3N6O4/c1-15-10-19-16(11-18(15)29-23(36)17-4-3-5-20(28-17)24(25,26)27)12-33(30-19)13-21(34)31-6-8-32(9-7-31)22(35)14-37-2/h3-5,10-12H,6-9,13-14H2,1-2H3,(H,29,36). The zero-order valence-electron chi connectivity index (χ0n) is 20.2. The zero-order valence-corrected chi connectivity index (χ0v) is 20.2. The van der Waals surface area contributed by atoms with Gasteiger partial charge in [0.1, 0.15) is 24.5 Å². The largest absolute Gasteiger partial charge is 0.433 e. The molecule has 0 spiro atoms. The summed E-state index contributed by atoms with van der Waals surface area (Å²) in [6.45, 7) is 3.41. The first kappa shape index (κ1) is 26.1. The quantitative estimate of drug-likeness (QED) is 0.537. The number of carbonyl (C=O) groups excluding carboxylic acids is 3. The second-order valence-corrected chi connectivity index (χ2v) is 8.61. The molecule has 0 radical (unpaired) electrons. The molecule has 1 aliphatic heterocycles. The maximum absolute atomic E-state index is 12.9. The third-order valence-electron chi connectivity index (χ3n) is 5.97. The Hall–Kier alpha value is -4.00. The molecule has 37 heavy (non-hydrogen) atoms. The van der Waals surface area contributed by atoms with Gasteiger partial charge in [0.05, 0.1) is 5.52 Å². The fourth-order valence-corrected chi connectivity index (χ4v) is 4.01. The highest BCUT2D eigenvalue weighted by Crippen LogP contribution is 2.28. The predicted molar refractivity (Wildman–Crippen MR) is 127 cm³/mol. The lowest BCUT2D eigenvalue weighted by atomic mass is 10.1. The molecule has 1 aromatic carbocycles. The van der Waals surface area contributed by atoms with Crippen molar-refractivity contribution >= 4 is 34.3 Å². The Labute approximate surface area is 210 Å². The number of hydrogen-bond donors (Lipinski definition) is 1. The number of benzene rings is 1. The minimum Gasteiger partial charge on any atom is -0.375 e. The molecular formula is C24H25F3N6O4. The molecule has 2 aromatic heterocycles. The number of piperazine rings is 1. The van der Waals surface area contributed by atoms with E-state index in [-0.39, 0.29) is 30.7 Å². The molecule has 3 heterocycles. The average molecular weight is 518 g/mol. The maximum atomic E-state index is 12.9. The van der Waals surface area contributed by atoms with E-state index in [9.17, 15) is 27.6 Å². The first-order valence-electron chi connectivity index (χ1n) is 11.4.